The van der Waals surface area contributed by atoms with Crippen LogP contribution in [-0.2, 0) is 4.74 Å². The molecule has 1 aliphatic carbocycles. The number of anilines is 1. The molecule has 100 valence electrons. The first-order chi connectivity index (χ1) is 8.72. The summed E-state index contributed by atoms with van der Waals surface area (Å²) >= 11 is 0. The molecule has 18 heavy (non-hydrogen) atoms. The van der Waals surface area contributed by atoms with Crippen LogP contribution in [0.15, 0.2) is 18.2 Å². The maximum atomic E-state index is 5.40. The average molecular weight is 249 g/mol. The lowest BCUT2D eigenvalue weighted by atomic mass is 9.92. The Morgan fingerprint density at radius 2 is 1.83 bits per heavy atom. The molecule has 2 rings (SSSR count). The topological polar surface area (TPSA) is 30.5 Å². The minimum Gasteiger partial charge on any atom is -0.497 e. The highest BCUT2D eigenvalue weighted by molar-refractivity contribution is 5.55. The van der Waals surface area contributed by atoms with Gasteiger partial charge >= 0.3 is 0 Å². The van der Waals surface area contributed by atoms with Crippen molar-refractivity contribution < 1.29 is 9.47 Å². The minimum atomic E-state index is 0.453. The molecule has 1 aromatic carbocycles. The Bertz CT molecular complexity index is 384. The second-order valence-electron chi connectivity index (χ2n) is 5.03. The highest BCUT2D eigenvalue weighted by Crippen LogP contribution is 2.27. The monoisotopic (exact) mass is 249 g/mol. The van der Waals surface area contributed by atoms with E-state index in [0.29, 0.717) is 12.1 Å². The van der Waals surface area contributed by atoms with Crippen LogP contribution in [0.5, 0.6) is 5.75 Å². The molecule has 1 aromatic rings. The summed E-state index contributed by atoms with van der Waals surface area (Å²) < 4.78 is 10.7. The van der Waals surface area contributed by atoms with Gasteiger partial charge in [0.1, 0.15) is 5.75 Å². The lowest BCUT2D eigenvalue weighted by Crippen LogP contribution is -2.29. The average Bonchev–Trinajstić information content (AvgIpc) is 2.42. The highest BCUT2D eigenvalue weighted by atomic mass is 16.5. The van der Waals surface area contributed by atoms with E-state index in [-0.39, 0.29) is 0 Å². The Kier molecular flexibility index (Phi) is 4.48. The maximum Gasteiger partial charge on any atom is 0.120 e. The number of hydrogen-bond donors (Lipinski definition) is 1. The van der Waals surface area contributed by atoms with Crippen molar-refractivity contribution in [2.24, 2.45) is 0 Å². The Hall–Kier alpha value is -1.22. The number of ether oxygens (including phenoxy) is 2. The third-order valence-electron chi connectivity index (χ3n) is 3.81. The third-order valence-corrected chi connectivity index (χ3v) is 3.81. The van der Waals surface area contributed by atoms with Crippen LogP contribution < -0.4 is 10.1 Å². The summed E-state index contributed by atoms with van der Waals surface area (Å²) in [6.07, 6.45) is 5.10. The number of methoxy groups -OCH3 is 2. The van der Waals surface area contributed by atoms with Gasteiger partial charge in [0, 0.05) is 24.9 Å². The normalized spacial score (nSPS) is 23.7. The van der Waals surface area contributed by atoms with Crippen molar-refractivity contribution in [2.45, 2.75) is 44.8 Å². The van der Waals surface area contributed by atoms with Gasteiger partial charge < -0.3 is 14.8 Å². The lowest BCUT2D eigenvalue weighted by molar-refractivity contribution is 0.0682. The molecule has 0 atom stereocenters. The zero-order valence-corrected chi connectivity index (χ0v) is 11.5. The largest absolute Gasteiger partial charge is 0.497 e. The fourth-order valence-corrected chi connectivity index (χ4v) is 2.55. The van der Waals surface area contributed by atoms with E-state index in [1.807, 2.05) is 13.2 Å². The molecule has 1 aliphatic rings. The Labute approximate surface area is 109 Å². The Balaban J connectivity index is 1.97. The zero-order chi connectivity index (χ0) is 13.0. The fourth-order valence-electron chi connectivity index (χ4n) is 2.55. The standard InChI is InChI=1S/C15H23NO2/c1-11-4-7-14(18-3)10-15(11)16-12-5-8-13(17-2)9-6-12/h4,7,10,12-13,16H,5-6,8-9H2,1-3H3. The summed E-state index contributed by atoms with van der Waals surface area (Å²) in [7, 11) is 3.52. The van der Waals surface area contributed by atoms with Crippen LogP contribution in [0.4, 0.5) is 5.69 Å². The second kappa shape index (κ2) is 6.10. The summed E-state index contributed by atoms with van der Waals surface area (Å²) in [6, 6.07) is 6.74. The van der Waals surface area contributed by atoms with E-state index in [0.717, 1.165) is 18.6 Å². The molecule has 1 saturated carbocycles. The summed E-state index contributed by atoms with van der Waals surface area (Å²) in [5, 5.41) is 3.63. The van der Waals surface area contributed by atoms with Crippen molar-refractivity contribution in [1.82, 2.24) is 0 Å². The van der Waals surface area contributed by atoms with E-state index in [1.165, 1.54) is 24.1 Å². The first kappa shape index (κ1) is 13.2. The highest BCUT2D eigenvalue weighted by Gasteiger charge is 2.20. The van der Waals surface area contributed by atoms with Gasteiger partial charge in [-0.05, 0) is 44.2 Å². The Morgan fingerprint density at radius 3 is 2.44 bits per heavy atom. The van der Waals surface area contributed by atoms with Gasteiger partial charge in [0.05, 0.1) is 13.2 Å². The summed E-state index contributed by atoms with van der Waals surface area (Å²) in [5.74, 6) is 0.911. The molecule has 0 heterocycles. The maximum absolute atomic E-state index is 5.40. The van der Waals surface area contributed by atoms with E-state index < -0.39 is 0 Å². The molecule has 1 fully saturated rings. The molecule has 3 nitrogen and oxygen atoms in total. The molecule has 0 bridgehead atoms. The molecule has 0 saturated heterocycles. The zero-order valence-electron chi connectivity index (χ0n) is 11.5. The summed E-state index contributed by atoms with van der Waals surface area (Å²) in [6.45, 7) is 2.13. The summed E-state index contributed by atoms with van der Waals surface area (Å²) in [5.41, 5.74) is 2.46. The van der Waals surface area contributed by atoms with E-state index in [9.17, 15) is 0 Å². The van der Waals surface area contributed by atoms with Crippen molar-refractivity contribution in [3.05, 3.63) is 23.8 Å². The number of aryl methyl sites for hydroxylation is 1. The molecule has 1 N–H and O–H groups in total. The van der Waals surface area contributed by atoms with Crippen molar-refractivity contribution in [1.29, 1.82) is 0 Å². The third kappa shape index (κ3) is 3.16. The van der Waals surface area contributed by atoms with Crippen molar-refractivity contribution in [3.8, 4) is 5.75 Å². The molecule has 0 amide bonds. The van der Waals surface area contributed by atoms with E-state index >= 15 is 0 Å². The molecular weight excluding hydrogens is 226 g/mol. The van der Waals surface area contributed by atoms with Crippen molar-refractivity contribution >= 4 is 5.69 Å². The van der Waals surface area contributed by atoms with Gasteiger partial charge in [-0.25, -0.2) is 0 Å². The van der Waals surface area contributed by atoms with Crippen LogP contribution in [0.3, 0.4) is 0 Å². The van der Waals surface area contributed by atoms with Gasteiger partial charge in [-0.2, -0.15) is 0 Å². The second-order valence-corrected chi connectivity index (χ2v) is 5.03. The van der Waals surface area contributed by atoms with Crippen LogP contribution >= 0.6 is 0 Å². The molecule has 0 aromatic heterocycles. The van der Waals surface area contributed by atoms with Gasteiger partial charge in [-0.3, -0.25) is 0 Å². The quantitative estimate of drug-likeness (QED) is 0.887. The molecule has 3 heteroatoms. The van der Waals surface area contributed by atoms with Crippen LogP contribution in [0.1, 0.15) is 31.2 Å². The van der Waals surface area contributed by atoms with Gasteiger partial charge in [0.15, 0.2) is 0 Å². The van der Waals surface area contributed by atoms with Crippen LogP contribution in [0.25, 0.3) is 0 Å². The van der Waals surface area contributed by atoms with Gasteiger partial charge in [-0.15, -0.1) is 0 Å². The number of benzene rings is 1. The van der Waals surface area contributed by atoms with Gasteiger partial charge in [0.2, 0.25) is 0 Å². The van der Waals surface area contributed by atoms with E-state index in [2.05, 4.69) is 24.4 Å². The first-order valence-electron chi connectivity index (χ1n) is 6.67. The fraction of sp³-hybridized carbons (Fsp3) is 0.600. The van der Waals surface area contributed by atoms with Gasteiger partial charge in [-0.1, -0.05) is 6.07 Å². The summed E-state index contributed by atoms with van der Waals surface area (Å²) in [4.78, 5) is 0. The van der Waals surface area contributed by atoms with E-state index in [1.54, 1.807) is 7.11 Å². The molecule has 0 radical (unpaired) electrons. The minimum absolute atomic E-state index is 0.453. The van der Waals surface area contributed by atoms with Crippen LogP contribution in [-0.4, -0.2) is 26.4 Å². The smallest absolute Gasteiger partial charge is 0.120 e. The van der Waals surface area contributed by atoms with Gasteiger partial charge in [0.25, 0.3) is 0 Å². The molecule has 0 spiro atoms. The number of rotatable bonds is 4. The molecule has 0 aliphatic heterocycles. The van der Waals surface area contributed by atoms with Crippen molar-refractivity contribution in [3.63, 3.8) is 0 Å². The number of hydrogen-bond acceptors (Lipinski definition) is 3. The SMILES string of the molecule is COc1ccc(C)c(NC2CCC(OC)CC2)c1. The predicted molar refractivity (Wildman–Crippen MR) is 74.4 cm³/mol. The lowest BCUT2D eigenvalue weighted by Gasteiger charge is -2.29. The van der Waals surface area contributed by atoms with Crippen molar-refractivity contribution in [2.75, 3.05) is 19.5 Å². The van der Waals surface area contributed by atoms with E-state index in [4.69, 9.17) is 9.47 Å². The molecular formula is C15H23NO2. The predicted octanol–water partition coefficient (Wildman–Crippen LogP) is 3.37. The Morgan fingerprint density at radius 1 is 1.11 bits per heavy atom. The first-order valence-corrected chi connectivity index (χ1v) is 6.67. The number of nitrogens with one attached hydrogen (secondary N) is 1. The van der Waals surface area contributed by atoms with Crippen LogP contribution in [0.2, 0.25) is 0 Å². The van der Waals surface area contributed by atoms with Crippen LogP contribution in [0, 0.1) is 6.92 Å². The molecule has 0 unspecified atom stereocenters.